The standard InChI is InChI=1S/C90H142NO8P/c1-6-8-10-12-14-16-18-20-22-24-26-28-30-32-34-36-38-40-42-43-44-45-46-47-49-51-53-55-57-59-61-63-65-67-69-71-73-75-77-79-81-83-90(93)99-88(87-98-100(94,95)97-85-84-91(3,4)5)86-96-89(92)82-80-78-76-74-72-70-68-66-64-62-60-58-56-54-52-50-48-41-39-37-35-33-31-29-27-25-23-21-19-17-15-13-11-9-7-2/h8-11,14-17,20-23,26-29,32-35,38-41,43-44,46-47,50-53,57,59,63,65,69,71,88H,6-7,12-13,18-19,24-25,30-31,36-37,42,45,48-49,54-56,58,60-62,64,66-68,70,72-87H2,1-5H3/p+1/b10-8-,11-9-,16-14-,17-15-,22-20-,23-21-,28-26-,29-27-,34-32-,35-33-,40-38-,41-39-,44-43-,47-46-,52-50-,53-51-,59-57-,65-63-,71-69-. The average molecular weight is 1400 g/mol. The van der Waals surface area contributed by atoms with Gasteiger partial charge in [-0.05, 0) is 161 Å². The summed E-state index contributed by atoms with van der Waals surface area (Å²) in [5.41, 5.74) is 0. The summed E-state index contributed by atoms with van der Waals surface area (Å²) in [7, 11) is 1.43. The second-order valence-corrected chi connectivity index (χ2v) is 27.7. The zero-order valence-corrected chi connectivity index (χ0v) is 64.7. The lowest BCUT2D eigenvalue weighted by molar-refractivity contribution is -0.870. The molecule has 0 radical (unpaired) electrons. The van der Waals surface area contributed by atoms with Crippen LogP contribution in [0.15, 0.2) is 231 Å². The summed E-state index contributed by atoms with van der Waals surface area (Å²) in [5.74, 6) is -0.841. The molecule has 0 heterocycles. The van der Waals surface area contributed by atoms with Crippen molar-refractivity contribution in [2.75, 3.05) is 47.5 Å². The van der Waals surface area contributed by atoms with E-state index in [0.29, 0.717) is 17.4 Å². The van der Waals surface area contributed by atoms with Crippen LogP contribution in [0.2, 0.25) is 0 Å². The highest BCUT2D eigenvalue weighted by molar-refractivity contribution is 7.47. The van der Waals surface area contributed by atoms with E-state index >= 15 is 0 Å². The van der Waals surface area contributed by atoms with Gasteiger partial charge in [0, 0.05) is 12.8 Å². The van der Waals surface area contributed by atoms with Crippen LogP contribution in [0.5, 0.6) is 0 Å². The Morgan fingerprint density at radius 1 is 0.310 bits per heavy atom. The van der Waals surface area contributed by atoms with Gasteiger partial charge in [0.05, 0.1) is 27.7 Å². The van der Waals surface area contributed by atoms with E-state index in [4.69, 9.17) is 18.5 Å². The molecule has 0 fully saturated rings. The minimum absolute atomic E-state index is 0.0144. The molecule has 0 saturated heterocycles. The van der Waals surface area contributed by atoms with Crippen LogP contribution in [0.25, 0.3) is 0 Å². The Kier molecular flexibility index (Phi) is 72.7. The summed E-state index contributed by atoms with van der Waals surface area (Å²) in [6.45, 7) is 4.15. The van der Waals surface area contributed by atoms with Crippen LogP contribution >= 0.6 is 7.82 Å². The highest BCUT2D eigenvalue weighted by Gasteiger charge is 2.27. The number of hydrogen-bond donors (Lipinski definition) is 1. The Balaban J connectivity index is 4.15. The van der Waals surface area contributed by atoms with E-state index < -0.39 is 26.5 Å². The Morgan fingerprint density at radius 3 is 0.800 bits per heavy atom. The van der Waals surface area contributed by atoms with Crippen LogP contribution in [0.1, 0.15) is 271 Å². The number of quaternary nitrogens is 1. The third-order valence-corrected chi connectivity index (χ3v) is 16.7. The first-order valence-electron chi connectivity index (χ1n) is 39.1. The molecule has 560 valence electrons. The molecule has 1 N–H and O–H groups in total. The van der Waals surface area contributed by atoms with Crippen LogP contribution in [0.4, 0.5) is 0 Å². The maximum Gasteiger partial charge on any atom is 0.472 e. The van der Waals surface area contributed by atoms with E-state index in [0.717, 1.165) is 173 Å². The quantitative estimate of drug-likeness (QED) is 0.0211. The molecule has 10 heteroatoms. The number of esters is 2. The van der Waals surface area contributed by atoms with Crippen molar-refractivity contribution >= 4 is 19.8 Å². The Hall–Kier alpha value is -5.93. The second kappa shape index (κ2) is 77.2. The molecule has 0 spiro atoms. The molecule has 100 heavy (non-hydrogen) atoms. The summed E-state index contributed by atoms with van der Waals surface area (Å²) in [6.07, 6.45) is 125. The monoisotopic (exact) mass is 1400 g/mol. The molecular formula is C90H143NO8P+. The van der Waals surface area contributed by atoms with Crippen molar-refractivity contribution in [2.45, 2.75) is 277 Å². The summed E-state index contributed by atoms with van der Waals surface area (Å²) < 4.78 is 34.7. The molecule has 0 aromatic rings. The Morgan fingerprint density at radius 2 is 0.540 bits per heavy atom. The molecule has 2 atom stereocenters. The number of unbranched alkanes of at least 4 members (excludes halogenated alkanes) is 17. The van der Waals surface area contributed by atoms with Crippen molar-refractivity contribution < 1.29 is 42.1 Å². The molecule has 0 bridgehead atoms. The van der Waals surface area contributed by atoms with Crippen molar-refractivity contribution in [3.8, 4) is 0 Å². The normalized spacial score (nSPS) is 14.3. The number of phosphoric acid groups is 1. The lowest BCUT2D eigenvalue weighted by Crippen LogP contribution is -2.37. The fourth-order valence-corrected chi connectivity index (χ4v) is 10.5. The van der Waals surface area contributed by atoms with Crippen molar-refractivity contribution in [1.82, 2.24) is 0 Å². The zero-order valence-electron chi connectivity index (χ0n) is 63.8. The van der Waals surface area contributed by atoms with Gasteiger partial charge >= 0.3 is 19.8 Å². The number of nitrogens with zero attached hydrogens (tertiary/aromatic N) is 1. The molecule has 0 saturated carbocycles. The van der Waals surface area contributed by atoms with Crippen LogP contribution in [0.3, 0.4) is 0 Å². The minimum atomic E-state index is -4.42. The molecule has 0 aliphatic heterocycles. The maximum atomic E-state index is 12.9. The molecule has 0 rings (SSSR count). The summed E-state index contributed by atoms with van der Waals surface area (Å²) in [5, 5.41) is 0. The third-order valence-electron chi connectivity index (χ3n) is 15.7. The first-order valence-corrected chi connectivity index (χ1v) is 40.6. The van der Waals surface area contributed by atoms with E-state index in [1.807, 2.05) is 21.1 Å². The lowest BCUT2D eigenvalue weighted by atomic mass is 10.0. The number of allylic oxidation sites excluding steroid dienone is 38. The van der Waals surface area contributed by atoms with Gasteiger partial charge in [0.15, 0.2) is 6.10 Å². The van der Waals surface area contributed by atoms with Gasteiger partial charge in [-0.25, -0.2) is 4.57 Å². The molecule has 0 aliphatic carbocycles. The van der Waals surface area contributed by atoms with Gasteiger partial charge in [-0.1, -0.05) is 328 Å². The molecule has 0 aliphatic rings. The van der Waals surface area contributed by atoms with Gasteiger partial charge in [0.25, 0.3) is 0 Å². The van der Waals surface area contributed by atoms with Crippen molar-refractivity contribution in [2.24, 2.45) is 0 Å². The first-order chi connectivity index (χ1) is 49.0. The van der Waals surface area contributed by atoms with E-state index in [1.165, 1.54) is 64.2 Å². The highest BCUT2D eigenvalue weighted by atomic mass is 31.2. The van der Waals surface area contributed by atoms with Crippen LogP contribution in [-0.2, 0) is 32.7 Å². The SMILES string of the molecule is CC/C=C\C/C=C\C/C=C\C/C=C\C/C=C\C/C=C\C/C=C\C/C=C\C/C=C\C/C=C\C/C=C\C/C=C\CCCCCCC(=O)OC(COC(=O)CCCCCCCCCCCCCCC/C=C\C/C=C\C/C=C\C/C=C\C/C=C\C/C=C\C/C=C\CC)COP(=O)(O)OCC[N+](C)(C)C. The van der Waals surface area contributed by atoms with Gasteiger partial charge < -0.3 is 18.9 Å². The fraction of sp³-hybridized carbons (Fsp3) is 0.556. The Labute approximate surface area is 613 Å². The van der Waals surface area contributed by atoms with Crippen molar-refractivity contribution in [3.63, 3.8) is 0 Å². The molecule has 0 aromatic carbocycles. The van der Waals surface area contributed by atoms with Crippen molar-refractivity contribution in [1.29, 1.82) is 0 Å². The summed E-state index contributed by atoms with van der Waals surface area (Å²) in [4.78, 5) is 36.0. The number of hydrogen-bond acceptors (Lipinski definition) is 7. The number of likely N-dealkylation sites (N-methyl/N-ethyl adjacent to an activating group) is 1. The number of carbonyl (C=O) groups is 2. The largest absolute Gasteiger partial charge is 0.472 e. The second-order valence-electron chi connectivity index (χ2n) is 26.3. The van der Waals surface area contributed by atoms with E-state index in [-0.39, 0.29) is 32.0 Å². The lowest BCUT2D eigenvalue weighted by Gasteiger charge is -2.24. The van der Waals surface area contributed by atoms with Gasteiger partial charge in [-0.3, -0.25) is 18.6 Å². The third kappa shape index (κ3) is 81.0. The molecule has 9 nitrogen and oxygen atoms in total. The number of rotatable bonds is 69. The molecule has 0 amide bonds. The summed E-state index contributed by atoms with van der Waals surface area (Å²) in [6, 6.07) is 0. The van der Waals surface area contributed by atoms with Gasteiger partial charge in [0.2, 0.25) is 0 Å². The molecule has 2 unspecified atom stereocenters. The average Bonchev–Trinajstić information content (AvgIpc) is 1.30. The van der Waals surface area contributed by atoms with Crippen LogP contribution in [0, 0.1) is 0 Å². The summed E-state index contributed by atoms with van der Waals surface area (Å²) >= 11 is 0. The predicted molar refractivity (Wildman–Crippen MR) is 435 cm³/mol. The van der Waals surface area contributed by atoms with Crippen LogP contribution in [-0.4, -0.2) is 74.9 Å². The predicted octanol–water partition coefficient (Wildman–Crippen LogP) is 26.5. The number of ether oxygens (including phenoxy) is 2. The molecule has 0 aromatic heterocycles. The fourth-order valence-electron chi connectivity index (χ4n) is 9.80. The maximum absolute atomic E-state index is 12.9. The van der Waals surface area contributed by atoms with E-state index in [9.17, 15) is 19.0 Å². The molecular weight excluding hydrogens is 1250 g/mol. The van der Waals surface area contributed by atoms with Crippen LogP contribution < -0.4 is 0 Å². The van der Waals surface area contributed by atoms with E-state index in [1.54, 1.807) is 0 Å². The minimum Gasteiger partial charge on any atom is -0.462 e. The van der Waals surface area contributed by atoms with E-state index in [2.05, 4.69) is 245 Å². The van der Waals surface area contributed by atoms with Gasteiger partial charge in [-0.2, -0.15) is 0 Å². The van der Waals surface area contributed by atoms with Crippen molar-refractivity contribution in [3.05, 3.63) is 231 Å². The topological polar surface area (TPSA) is 108 Å². The smallest absolute Gasteiger partial charge is 0.462 e. The number of carbonyl (C=O) groups excluding carboxylic acids is 2. The highest BCUT2D eigenvalue weighted by Crippen LogP contribution is 2.43. The zero-order chi connectivity index (χ0) is 72.5. The Bertz CT molecular complexity index is 2550. The first kappa shape index (κ1) is 94.1. The number of phosphoric ester groups is 1. The van der Waals surface area contributed by atoms with Gasteiger partial charge in [-0.15, -0.1) is 0 Å². The van der Waals surface area contributed by atoms with Gasteiger partial charge in [0.1, 0.15) is 19.8 Å².